The Hall–Kier alpha value is -3.46. The Balaban J connectivity index is 1.90. The molecule has 1 aliphatic rings. The van der Waals surface area contributed by atoms with Gasteiger partial charge in [0.2, 0.25) is 11.8 Å². The molecule has 9 nitrogen and oxygen atoms in total. The van der Waals surface area contributed by atoms with E-state index in [0.717, 1.165) is 28.9 Å². The number of carbonyl (C=O) groups is 2. The number of benzene rings is 2. The maximum absolute atomic E-state index is 11.7. The van der Waals surface area contributed by atoms with Crippen molar-refractivity contribution in [1.29, 1.82) is 0 Å². The van der Waals surface area contributed by atoms with Crippen LogP contribution < -0.4 is 30.7 Å². The topological polar surface area (TPSA) is 120 Å². The van der Waals surface area contributed by atoms with Crippen LogP contribution in [0, 0.1) is 6.92 Å². The van der Waals surface area contributed by atoms with Crippen LogP contribution in [-0.2, 0) is 20.7 Å². The number of hydrogen-bond acceptors (Lipinski definition) is 7. The van der Waals surface area contributed by atoms with Gasteiger partial charge >= 0.3 is 0 Å². The molecular formula is C25H34N4O5. The number of rotatable bonds is 5. The van der Waals surface area contributed by atoms with E-state index in [1.54, 1.807) is 0 Å². The van der Waals surface area contributed by atoms with Gasteiger partial charge in [-0.3, -0.25) is 9.59 Å². The number of fused-ring (bicyclic) bond motifs is 2. The first kappa shape index (κ1) is 25.2. The number of nitrogens with zero attached hydrogens (tertiary/aromatic N) is 2. The third kappa shape index (κ3) is 7.02. The summed E-state index contributed by atoms with van der Waals surface area (Å²) in [6.45, 7) is 6.35. The van der Waals surface area contributed by atoms with Crippen LogP contribution in [0.5, 0.6) is 11.5 Å². The van der Waals surface area contributed by atoms with Gasteiger partial charge in [0.15, 0.2) is 0 Å². The molecule has 4 N–H and O–H groups in total. The third-order valence-electron chi connectivity index (χ3n) is 5.53. The second-order valence-corrected chi connectivity index (χ2v) is 8.21. The van der Waals surface area contributed by atoms with Crippen LogP contribution in [-0.4, -0.2) is 64.4 Å². The van der Waals surface area contributed by atoms with E-state index in [2.05, 4.69) is 6.92 Å². The molecule has 1 heterocycles. The van der Waals surface area contributed by atoms with Gasteiger partial charge in [-0.15, -0.1) is 0 Å². The molecule has 0 saturated carbocycles. The summed E-state index contributed by atoms with van der Waals surface area (Å²) in [5.41, 5.74) is 14.7. The van der Waals surface area contributed by atoms with E-state index in [1.165, 1.54) is 0 Å². The number of hydrogen-bond donors (Lipinski definition) is 2. The maximum Gasteiger partial charge on any atom is 0.236 e. The van der Waals surface area contributed by atoms with Crippen LogP contribution in [0.3, 0.4) is 0 Å². The first-order valence-corrected chi connectivity index (χ1v) is 11.5. The summed E-state index contributed by atoms with van der Waals surface area (Å²) >= 11 is 0. The zero-order valence-electron chi connectivity index (χ0n) is 19.9. The molecular weight excluding hydrogens is 436 g/mol. The highest BCUT2D eigenvalue weighted by Crippen LogP contribution is 2.32. The molecule has 0 radical (unpaired) electrons. The van der Waals surface area contributed by atoms with E-state index in [1.807, 2.05) is 53.1 Å². The third-order valence-corrected chi connectivity index (χ3v) is 5.53. The standard InChI is InChI=1S/C25H34N4O5/c1-3-19-5-7-21-23(15-19)34-13-12-33-22-14-18(2)4-6-20(22)28(16-24(26)30)8-10-32-11-9-29(21)17-25(27)31/h4-7,14-15H,3,8-13,16-17H2,1-2H3,(H2,26,30)(H2,27,31). The van der Waals surface area contributed by atoms with Crippen molar-refractivity contribution in [3.05, 3.63) is 47.5 Å². The summed E-state index contributed by atoms with van der Waals surface area (Å²) in [6, 6.07) is 11.8. The van der Waals surface area contributed by atoms with E-state index < -0.39 is 11.8 Å². The van der Waals surface area contributed by atoms with Gasteiger partial charge < -0.3 is 35.5 Å². The van der Waals surface area contributed by atoms with Gasteiger partial charge in [0.25, 0.3) is 0 Å². The SMILES string of the molecule is CCc1ccc2c(c1)OCCOc1cc(C)ccc1N(CC(N)=O)CCOCCN2CC(N)=O. The number of nitrogens with two attached hydrogens (primary N) is 2. The van der Waals surface area contributed by atoms with Crippen LogP contribution in [0.1, 0.15) is 18.1 Å². The smallest absolute Gasteiger partial charge is 0.236 e. The van der Waals surface area contributed by atoms with Gasteiger partial charge in [0, 0.05) is 13.1 Å². The van der Waals surface area contributed by atoms with Crippen LogP contribution in [0.2, 0.25) is 0 Å². The highest BCUT2D eigenvalue weighted by molar-refractivity contribution is 5.81. The van der Waals surface area contributed by atoms with Crippen molar-refractivity contribution in [3.8, 4) is 11.5 Å². The van der Waals surface area contributed by atoms with Crippen LogP contribution >= 0.6 is 0 Å². The highest BCUT2D eigenvalue weighted by Gasteiger charge is 2.18. The number of primary amides is 2. The van der Waals surface area contributed by atoms with Crippen LogP contribution in [0.4, 0.5) is 11.4 Å². The van der Waals surface area contributed by atoms with Gasteiger partial charge in [-0.2, -0.15) is 0 Å². The maximum atomic E-state index is 11.7. The fraction of sp³-hybridized carbons (Fsp3) is 0.440. The first-order valence-electron chi connectivity index (χ1n) is 11.5. The van der Waals surface area contributed by atoms with Crippen molar-refractivity contribution >= 4 is 23.2 Å². The van der Waals surface area contributed by atoms with Crippen LogP contribution in [0.25, 0.3) is 0 Å². The minimum Gasteiger partial charge on any atom is -0.488 e. The molecule has 2 aromatic rings. The molecule has 3 rings (SSSR count). The average Bonchev–Trinajstić information content (AvgIpc) is 2.79. The minimum absolute atomic E-state index is 0.0400. The number of amides is 2. The molecule has 0 aliphatic carbocycles. The molecule has 0 saturated heterocycles. The Bertz CT molecular complexity index is 997. The molecule has 34 heavy (non-hydrogen) atoms. The fourth-order valence-electron chi connectivity index (χ4n) is 3.85. The van der Waals surface area contributed by atoms with Crippen molar-refractivity contribution in [3.63, 3.8) is 0 Å². The summed E-state index contributed by atoms with van der Waals surface area (Å²) in [5.74, 6) is 0.435. The van der Waals surface area contributed by atoms with E-state index >= 15 is 0 Å². The predicted molar refractivity (Wildman–Crippen MR) is 132 cm³/mol. The number of anilines is 2. The molecule has 1 aliphatic heterocycles. The lowest BCUT2D eigenvalue weighted by Crippen LogP contribution is -2.38. The summed E-state index contributed by atoms with van der Waals surface area (Å²) in [5, 5.41) is 0. The Morgan fingerprint density at radius 2 is 1.35 bits per heavy atom. The van der Waals surface area contributed by atoms with Gasteiger partial charge in [-0.25, -0.2) is 0 Å². The lowest BCUT2D eigenvalue weighted by Gasteiger charge is -2.26. The molecule has 2 amide bonds. The quantitative estimate of drug-likeness (QED) is 0.681. The van der Waals surface area contributed by atoms with Crippen molar-refractivity contribution in [2.45, 2.75) is 20.3 Å². The Morgan fingerprint density at radius 1 is 0.824 bits per heavy atom. The summed E-state index contributed by atoms with van der Waals surface area (Å²) in [7, 11) is 0. The van der Waals surface area contributed by atoms with E-state index in [-0.39, 0.29) is 13.1 Å². The van der Waals surface area contributed by atoms with Crippen LogP contribution in [0.15, 0.2) is 36.4 Å². The lowest BCUT2D eigenvalue weighted by atomic mass is 10.1. The van der Waals surface area contributed by atoms with Crippen molar-refractivity contribution < 1.29 is 23.8 Å². The predicted octanol–water partition coefficient (Wildman–Crippen LogP) is 1.63. The Morgan fingerprint density at radius 3 is 1.88 bits per heavy atom. The van der Waals surface area contributed by atoms with E-state index in [0.29, 0.717) is 51.0 Å². The molecule has 9 heteroatoms. The average molecular weight is 471 g/mol. The van der Waals surface area contributed by atoms with Crippen molar-refractivity contribution in [1.82, 2.24) is 0 Å². The molecule has 0 unspecified atom stereocenters. The number of ether oxygens (including phenoxy) is 3. The highest BCUT2D eigenvalue weighted by atomic mass is 16.5. The summed E-state index contributed by atoms with van der Waals surface area (Å²) < 4.78 is 18.0. The lowest BCUT2D eigenvalue weighted by molar-refractivity contribution is -0.117. The second kappa shape index (κ2) is 12.1. The molecule has 0 fully saturated rings. The fourth-order valence-corrected chi connectivity index (χ4v) is 3.85. The molecule has 2 aromatic carbocycles. The summed E-state index contributed by atoms with van der Waals surface area (Å²) in [6.07, 6.45) is 0.856. The molecule has 0 atom stereocenters. The zero-order chi connectivity index (χ0) is 24.5. The van der Waals surface area contributed by atoms with Gasteiger partial charge in [-0.05, 0) is 48.7 Å². The normalized spacial score (nSPS) is 15.1. The van der Waals surface area contributed by atoms with E-state index in [4.69, 9.17) is 25.7 Å². The minimum atomic E-state index is -0.442. The zero-order valence-corrected chi connectivity index (χ0v) is 19.9. The van der Waals surface area contributed by atoms with E-state index in [9.17, 15) is 9.59 Å². The first-order chi connectivity index (χ1) is 16.4. The Labute approximate surface area is 200 Å². The second-order valence-electron chi connectivity index (χ2n) is 8.21. The molecule has 0 bridgehead atoms. The van der Waals surface area contributed by atoms with Gasteiger partial charge in [0.1, 0.15) is 24.7 Å². The molecule has 0 aromatic heterocycles. The van der Waals surface area contributed by atoms with Gasteiger partial charge in [-0.1, -0.05) is 19.1 Å². The van der Waals surface area contributed by atoms with Crippen molar-refractivity contribution in [2.75, 3.05) is 62.4 Å². The Kier molecular flexibility index (Phi) is 8.98. The summed E-state index contributed by atoms with van der Waals surface area (Å²) in [4.78, 5) is 27.2. The number of carbonyl (C=O) groups excluding carboxylic acids is 2. The number of aryl methyl sites for hydroxylation is 2. The monoisotopic (exact) mass is 470 g/mol. The van der Waals surface area contributed by atoms with Gasteiger partial charge in [0.05, 0.1) is 37.7 Å². The largest absolute Gasteiger partial charge is 0.488 e. The molecule has 184 valence electrons. The molecule has 0 spiro atoms. The van der Waals surface area contributed by atoms with Crippen molar-refractivity contribution in [2.24, 2.45) is 11.5 Å².